The van der Waals surface area contributed by atoms with Gasteiger partial charge >= 0.3 is 5.97 Å². The number of nitrogens with two attached hydrogens (primary N) is 1. The van der Waals surface area contributed by atoms with Crippen molar-refractivity contribution in [3.63, 3.8) is 0 Å². The summed E-state index contributed by atoms with van der Waals surface area (Å²) in [6, 6.07) is 16.6. The van der Waals surface area contributed by atoms with Crippen molar-refractivity contribution in [1.29, 1.82) is 0 Å². The Morgan fingerprint density at radius 2 is 2.00 bits per heavy atom. The van der Waals surface area contributed by atoms with Crippen molar-refractivity contribution in [2.45, 2.75) is 50.3 Å². The first-order chi connectivity index (χ1) is 21.2. The first-order valence-electron chi connectivity index (χ1n) is 14.2. The number of halogens is 1. The number of aromatic carboxylic acids is 1. The molecule has 1 fully saturated rings. The van der Waals surface area contributed by atoms with E-state index in [9.17, 15) is 18.5 Å². The first kappa shape index (κ1) is 30.1. The third-order valence-corrected chi connectivity index (χ3v) is 10.4. The van der Waals surface area contributed by atoms with Crippen LogP contribution in [0.15, 0.2) is 64.9 Å². The fourth-order valence-corrected chi connectivity index (χ4v) is 7.11. The molecule has 11 heteroatoms. The highest BCUT2D eigenvalue weighted by Gasteiger charge is 2.29. The van der Waals surface area contributed by atoms with Crippen LogP contribution in [0.25, 0.3) is 16.4 Å². The lowest BCUT2D eigenvalue weighted by molar-refractivity contribution is 0.0691. The second-order valence-electron chi connectivity index (χ2n) is 11.1. The molecule has 1 aliphatic carbocycles. The zero-order valence-electron chi connectivity index (χ0n) is 24.1. The SMILES string of the molecule is CC(C)c1ccc(C#Cc2cccc(-c3nn(-c4nc(C(=O)O)cs4)c(CC4CC4)c3Cc3ccc([SH+](N)=O)c(F)c3)c2)s1. The third kappa shape index (κ3) is 6.59. The molecule has 6 rings (SSSR count). The molecule has 3 aromatic heterocycles. The molecule has 0 saturated heterocycles. The zero-order valence-corrected chi connectivity index (χ0v) is 26.6. The van der Waals surface area contributed by atoms with E-state index >= 15 is 0 Å². The summed E-state index contributed by atoms with van der Waals surface area (Å²) in [6.07, 6.45) is 3.28. The molecular formula is C33H30FN4O3S3+. The van der Waals surface area contributed by atoms with Crippen LogP contribution < -0.4 is 5.14 Å². The van der Waals surface area contributed by atoms with Crippen LogP contribution in [-0.4, -0.2) is 25.8 Å². The number of benzene rings is 2. The molecule has 3 heterocycles. The van der Waals surface area contributed by atoms with Gasteiger partial charge in [0.1, 0.15) is 0 Å². The number of nitrogens with zero attached hydrogens (tertiary/aromatic N) is 3. The molecule has 7 nitrogen and oxygen atoms in total. The van der Waals surface area contributed by atoms with Crippen molar-refractivity contribution in [3.05, 3.63) is 104 Å². The third-order valence-electron chi connectivity index (χ3n) is 7.45. The van der Waals surface area contributed by atoms with Gasteiger partial charge in [0.05, 0.1) is 16.3 Å². The number of rotatable bonds is 9. The van der Waals surface area contributed by atoms with Crippen LogP contribution >= 0.6 is 22.7 Å². The van der Waals surface area contributed by atoms with E-state index in [-0.39, 0.29) is 10.6 Å². The number of hydrogen-bond acceptors (Lipinski definition) is 6. The van der Waals surface area contributed by atoms with Gasteiger partial charge in [-0.1, -0.05) is 48.1 Å². The average Bonchev–Trinajstić information content (AvgIpc) is 3.34. The van der Waals surface area contributed by atoms with E-state index < -0.39 is 22.8 Å². The summed E-state index contributed by atoms with van der Waals surface area (Å²) in [5.74, 6) is 5.79. The van der Waals surface area contributed by atoms with E-state index in [4.69, 9.17) is 10.2 Å². The van der Waals surface area contributed by atoms with Crippen LogP contribution in [0, 0.1) is 23.6 Å². The van der Waals surface area contributed by atoms with Gasteiger partial charge in [-0.05, 0) is 73.1 Å². The summed E-state index contributed by atoms with van der Waals surface area (Å²) < 4.78 is 28.4. The minimum Gasteiger partial charge on any atom is -0.476 e. The maximum Gasteiger partial charge on any atom is 0.355 e. The Bertz CT molecular complexity index is 1960. The van der Waals surface area contributed by atoms with Gasteiger partial charge in [-0.25, -0.2) is 18.9 Å². The standard InChI is InChI=1S/C33H29FN4O3S3/c1-19(2)29-12-11-24(43-29)10-8-20-4-3-5-23(14-20)31-25(15-22-9-13-30(44(35)41)26(34)16-22)28(17-21-6-7-21)38(37-31)33-36-27(18-42-33)32(39)40/h3-5,9,11-14,16,18-19,21H,6-7,15,17H2,1-2H3,(H2,35,41)(H,39,40)/p+1. The van der Waals surface area contributed by atoms with Crippen LogP contribution in [0.1, 0.15) is 75.2 Å². The minimum absolute atomic E-state index is 0.0145. The van der Waals surface area contributed by atoms with Crippen LogP contribution in [0.2, 0.25) is 0 Å². The molecule has 0 amide bonds. The summed E-state index contributed by atoms with van der Waals surface area (Å²) in [5.41, 5.74) is 4.83. The monoisotopic (exact) mass is 645 g/mol. The largest absolute Gasteiger partial charge is 0.476 e. The highest BCUT2D eigenvalue weighted by molar-refractivity contribution is 7.82. The van der Waals surface area contributed by atoms with E-state index in [0.29, 0.717) is 34.6 Å². The van der Waals surface area contributed by atoms with E-state index in [2.05, 4.69) is 36.7 Å². The quantitative estimate of drug-likeness (QED) is 0.103. The molecule has 0 radical (unpaired) electrons. The van der Waals surface area contributed by atoms with E-state index in [1.54, 1.807) is 22.1 Å². The number of carbonyl (C=O) groups is 1. The number of thiazole rings is 1. The Morgan fingerprint density at radius 1 is 1.18 bits per heavy atom. The molecular weight excluding hydrogens is 616 g/mol. The predicted octanol–water partition coefficient (Wildman–Crippen LogP) is 6.89. The van der Waals surface area contributed by atoms with Crippen molar-refractivity contribution in [3.8, 4) is 28.2 Å². The van der Waals surface area contributed by atoms with Gasteiger partial charge in [-0.3, -0.25) is 0 Å². The highest BCUT2D eigenvalue weighted by atomic mass is 32.2. The zero-order chi connectivity index (χ0) is 31.0. The minimum atomic E-state index is -2.30. The number of carboxylic acid groups (broad SMARTS) is 1. The molecule has 44 heavy (non-hydrogen) atoms. The second-order valence-corrected chi connectivity index (χ2v) is 14.2. The molecule has 1 unspecified atom stereocenters. The number of hydrogen-bond donors (Lipinski definition) is 2. The summed E-state index contributed by atoms with van der Waals surface area (Å²) >= 11 is 2.91. The lowest BCUT2D eigenvalue weighted by Crippen LogP contribution is -2.07. The summed E-state index contributed by atoms with van der Waals surface area (Å²) in [7, 11) is -2.30. The number of aromatic nitrogens is 3. The summed E-state index contributed by atoms with van der Waals surface area (Å²) in [6.45, 7) is 4.33. The molecule has 1 atom stereocenters. The van der Waals surface area contributed by atoms with E-state index in [1.165, 1.54) is 33.7 Å². The van der Waals surface area contributed by atoms with Crippen molar-refractivity contribution >= 4 is 39.6 Å². The van der Waals surface area contributed by atoms with E-state index in [0.717, 1.165) is 46.5 Å². The van der Waals surface area contributed by atoms with Gasteiger partial charge in [-0.2, -0.15) is 5.10 Å². The Kier molecular flexibility index (Phi) is 8.60. The molecule has 5 aromatic rings. The molecule has 224 valence electrons. The Morgan fingerprint density at radius 3 is 2.66 bits per heavy atom. The summed E-state index contributed by atoms with van der Waals surface area (Å²) in [4.78, 5) is 18.3. The fraction of sp³-hybridized carbons (Fsp3) is 0.242. The van der Waals surface area contributed by atoms with Crippen molar-refractivity contribution < 1.29 is 18.5 Å². The van der Waals surface area contributed by atoms with Gasteiger partial charge in [0.2, 0.25) is 10.0 Å². The summed E-state index contributed by atoms with van der Waals surface area (Å²) in [5, 5.41) is 22.0. The van der Waals surface area contributed by atoms with E-state index in [1.807, 2.05) is 30.3 Å². The Balaban J connectivity index is 1.46. The van der Waals surface area contributed by atoms with Crippen LogP contribution in [-0.2, 0) is 28.0 Å². The van der Waals surface area contributed by atoms with Crippen molar-refractivity contribution in [2.75, 3.05) is 0 Å². The normalized spacial score (nSPS) is 13.6. The molecule has 0 bridgehead atoms. The molecule has 2 aromatic carbocycles. The van der Waals surface area contributed by atoms with Gasteiger partial charge in [0.15, 0.2) is 22.5 Å². The van der Waals surface area contributed by atoms with Crippen LogP contribution in [0.3, 0.4) is 0 Å². The van der Waals surface area contributed by atoms with Gasteiger partial charge in [-0.15, -0.1) is 27.8 Å². The topological polar surface area (TPSA) is 111 Å². The molecule has 0 spiro atoms. The number of thiophene rings is 1. The maximum atomic E-state index is 14.9. The van der Waals surface area contributed by atoms with Gasteiger partial charge in [0, 0.05) is 33.4 Å². The lowest BCUT2D eigenvalue weighted by Gasteiger charge is -2.09. The number of carboxylic acids is 1. The lowest BCUT2D eigenvalue weighted by atomic mass is 9.96. The fourth-order valence-electron chi connectivity index (χ4n) is 4.98. The smallest absolute Gasteiger partial charge is 0.355 e. The predicted molar refractivity (Wildman–Crippen MR) is 174 cm³/mol. The second kappa shape index (κ2) is 12.6. The van der Waals surface area contributed by atoms with Crippen LogP contribution in [0.4, 0.5) is 4.39 Å². The Hall–Kier alpha value is -3.95. The van der Waals surface area contributed by atoms with Gasteiger partial charge in [0.25, 0.3) is 0 Å². The highest BCUT2D eigenvalue weighted by Crippen LogP contribution is 2.38. The van der Waals surface area contributed by atoms with Gasteiger partial charge < -0.3 is 5.11 Å². The number of thiol groups is 1. The molecule has 0 aliphatic heterocycles. The van der Waals surface area contributed by atoms with Crippen LogP contribution in [0.5, 0.6) is 0 Å². The molecule has 1 aliphatic rings. The molecule has 3 N–H and O–H groups in total. The average molecular weight is 646 g/mol. The Labute approximate surface area is 265 Å². The first-order valence-corrected chi connectivity index (χ1v) is 17.2. The van der Waals surface area contributed by atoms with Crippen molar-refractivity contribution in [1.82, 2.24) is 14.8 Å². The maximum absolute atomic E-state index is 14.9. The van der Waals surface area contributed by atoms with Crippen molar-refractivity contribution in [2.24, 2.45) is 11.1 Å². The molecule has 1 saturated carbocycles.